The van der Waals surface area contributed by atoms with Crippen molar-refractivity contribution in [3.8, 4) is 11.4 Å². The van der Waals surface area contributed by atoms with Crippen LogP contribution in [0, 0.1) is 13.8 Å². The third-order valence-corrected chi connectivity index (χ3v) is 5.20. The first-order valence-electron chi connectivity index (χ1n) is 9.45. The zero-order valence-corrected chi connectivity index (χ0v) is 16.1. The standard InChI is InChI=1S/C24H19N3O2/c1-14-11-12-16(23-25-18-8-4-5-9-19(18)26-23)13-20(14)27-24(28)22-15(2)17-7-3-6-10-21(17)29-22/h3-13H,1-2H3,(H,25,26)(H,27,28). The molecule has 0 saturated carbocycles. The highest BCUT2D eigenvalue weighted by molar-refractivity contribution is 6.07. The first-order valence-corrected chi connectivity index (χ1v) is 9.45. The molecule has 0 unspecified atom stereocenters. The predicted molar refractivity (Wildman–Crippen MR) is 115 cm³/mol. The molecule has 0 saturated heterocycles. The SMILES string of the molecule is Cc1ccc(-c2nc3ccccc3[nH]2)cc1NC(=O)c1oc2ccccc2c1C. The fraction of sp³-hybridized carbons (Fsp3) is 0.0833. The minimum Gasteiger partial charge on any atom is -0.451 e. The Hall–Kier alpha value is -3.86. The number of nitrogens with zero attached hydrogens (tertiary/aromatic N) is 1. The number of carbonyl (C=O) groups excluding carboxylic acids is 1. The van der Waals surface area contributed by atoms with Gasteiger partial charge in [0.25, 0.3) is 5.91 Å². The van der Waals surface area contributed by atoms with Gasteiger partial charge < -0.3 is 14.7 Å². The van der Waals surface area contributed by atoms with E-state index in [1.807, 2.05) is 80.6 Å². The number of carbonyl (C=O) groups is 1. The number of fused-ring (bicyclic) bond motifs is 2. The van der Waals surface area contributed by atoms with Crippen LogP contribution < -0.4 is 5.32 Å². The quantitative estimate of drug-likeness (QED) is 0.412. The molecule has 0 fully saturated rings. The summed E-state index contributed by atoms with van der Waals surface area (Å²) in [5, 5.41) is 3.95. The molecule has 5 heteroatoms. The Kier molecular flexibility index (Phi) is 3.95. The molecular weight excluding hydrogens is 362 g/mol. The summed E-state index contributed by atoms with van der Waals surface area (Å²) in [6.45, 7) is 3.86. The van der Waals surface area contributed by atoms with E-state index in [0.717, 1.165) is 44.6 Å². The van der Waals surface area contributed by atoms with Crippen LogP contribution in [-0.4, -0.2) is 15.9 Å². The molecule has 3 aromatic carbocycles. The number of hydrogen-bond donors (Lipinski definition) is 2. The zero-order valence-electron chi connectivity index (χ0n) is 16.1. The highest BCUT2D eigenvalue weighted by Crippen LogP contribution is 2.28. The minimum atomic E-state index is -0.261. The van der Waals surface area contributed by atoms with Crippen molar-refractivity contribution >= 4 is 33.6 Å². The Morgan fingerprint density at radius 2 is 1.79 bits per heavy atom. The van der Waals surface area contributed by atoms with Gasteiger partial charge in [-0.1, -0.05) is 42.5 Å². The lowest BCUT2D eigenvalue weighted by molar-refractivity contribution is 0.0998. The van der Waals surface area contributed by atoms with Crippen LogP contribution in [0.5, 0.6) is 0 Å². The molecule has 5 rings (SSSR count). The van der Waals surface area contributed by atoms with Crippen LogP contribution in [-0.2, 0) is 0 Å². The normalized spacial score (nSPS) is 11.2. The van der Waals surface area contributed by atoms with E-state index in [2.05, 4.69) is 15.3 Å². The molecule has 1 amide bonds. The molecule has 5 nitrogen and oxygen atoms in total. The van der Waals surface area contributed by atoms with Gasteiger partial charge in [-0.15, -0.1) is 0 Å². The maximum atomic E-state index is 12.9. The van der Waals surface area contributed by atoms with Gasteiger partial charge in [0.05, 0.1) is 11.0 Å². The molecular formula is C24H19N3O2. The Bertz CT molecular complexity index is 1340. The van der Waals surface area contributed by atoms with Crippen LogP contribution in [0.15, 0.2) is 71.1 Å². The first kappa shape index (κ1) is 17.3. The Morgan fingerprint density at radius 3 is 2.62 bits per heavy atom. The fourth-order valence-corrected chi connectivity index (χ4v) is 3.56. The average Bonchev–Trinajstić information content (AvgIpc) is 3.31. The zero-order chi connectivity index (χ0) is 20.0. The van der Waals surface area contributed by atoms with E-state index in [0.29, 0.717) is 11.3 Å². The largest absolute Gasteiger partial charge is 0.451 e. The molecule has 0 aliphatic heterocycles. The average molecular weight is 381 g/mol. The second-order valence-corrected chi connectivity index (χ2v) is 7.14. The van der Waals surface area contributed by atoms with Crippen molar-refractivity contribution < 1.29 is 9.21 Å². The number of anilines is 1. The molecule has 0 aliphatic rings. The van der Waals surface area contributed by atoms with Gasteiger partial charge in [0, 0.05) is 22.2 Å². The highest BCUT2D eigenvalue weighted by Gasteiger charge is 2.18. The van der Waals surface area contributed by atoms with Crippen molar-refractivity contribution in [1.82, 2.24) is 9.97 Å². The van der Waals surface area contributed by atoms with E-state index >= 15 is 0 Å². The second kappa shape index (κ2) is 6.63. The van der Waals surface area contributed by atoms with Crippen LogP contribution in [0.1, 0.15) is 21.7 Å². The van der Waals surface area contributed by atoms with Gasteiger partial charge >= 0.3 is 0 Å². The maximum absolute atomic E-state index is 12.9. The van der Waals surface area contributed by atoms with Crippen LogP contribution in [0.4, 0.5) is 5.69 Å². The molecule has 2 aromatic heterocycles. The number of amides is 1. The second-order valence-electron chi connectivity index (χ2n) is 7.14. The number of para-hydroxylation sites is 3. The van der Waals surface area contributed by atoms with Gasteiger partial charge in [-0.05, 0) is 43.7 Å². The number of hydrogen-bond acceptors (Lipinski definition) is 3. The van der Waals surface area contributed by atoms with Crippen LogP contribution in [0.3, 0.4) is 0 Å². The number of aromatic amines is 1. The molecule has 0 spiro atoms. The van der Waals surface area contributed by atoms with E-state index in [1.54, 1.807) is 0 Å². The Morgan fingerprint density at radius 1 is 1.00 bits per heavy atom. The van der Waals surface area contributed by atoms with Gasteiger partial charge in [0.15, 0.2) is 5.76 Å². The molecule has 0 aliphatic carbocycles. The maximum Gasteiger partial charge on any atom is 0.291 e. The monoisotopic (exact) mass is 381 g/mol. The molecule has 2 N–H and O–H groups in total. The van der Waals surface area contributed by atoms with E-state index < -0.39 is 0 Å². The summed E-state index contributed by atoms with van der Waals surface area (Å²) in [5.41, 5.74) is 6.04. The topological polar surface area (TPSA) is 70.9 Å². The Balaban J connectivity index is 1.50. The summed E-state index contributed by atoms with van der Waals surface area (Å²) >= 11 is 0. The van der Waals surface area contributed by atoms with Crippen molar-refractivity contribution in [2.75, 3.05) is 5.32 Å². The number of aryl methyl sites for hydroxylation is 2. The van der Waals surface area contributed by atoms with Gasteiger partial charge in [0.2, 0.25) is 0 Å². The van der Waals surface area contributed by atoms with E-state index in [-0.39, 0.29) is 5.91 Å². The van der Waals surface area contributed by atoms with Gasteiger partial charge in [-0.3, -0.25) is 4.79 Å². The number of aromatic nitrogens is 2. The number of benzene rings is 3. The van der Waals surface area contributed by atoms with Crippen molar-refractivity contribution in [3.63, 3.8) is 0 Å². The number of furan rings is 1. The number of nitrogens with one attached hydrogen (secondary N) is 2. The molecule has 0 radical (unpaired) electrons. The van der Waals surface area contributed by atoms with Crippen LogP contribution in [0.25, 0.3) is 33.4 Å². The van der Waals surface area contributed by atoms with Crippen molar-refractivity contribution in [3.05, 3.63) is 83.6 Å². The molecule has 2 heterocycles. The van der Waals surface area contributed by atoms with Crippen molar-refractivity contribution in [2.45, 2.75) is 13.8 Å². The minimum absolute atomic E-state index is 0.261. The lowest BCUT2D eigenvalue weighted by Gasteiger charge is -2.09. The number of rotatable bonds is 3. The summed E-state index contributed by atoms with van der Waals surface area (Å²) in [7, 11) is 0. The molecule has 5 aromatic rings. The summed E-state index contributed by atoms with van der Waals surface area (Å²) < 4.78 is 5.80. The van der Waals surface area contributed by atoms with Gasteiger partial charge in [-0.25, -0.2) is 4.98 Å². The molecule has 0 bridgehead atoms. The van der Waals surface area contributed by atoms with E-state index in [9.17, 15) is 4.79 Å². The highest BCUT2D eigenvalue weighted by atomic mass is 16.3. The summed E-state index contributed by atoms with van der Waals surface area (Å²) in [6.07, 6.45) is 0. The van der Waals surface area contributed by atoms with Gasteiger partial charge in [0.1, 0.15) is 11.4 Å². The summed E-state index contributed by atoms with van der Waals surface area (Å²) in [5.74, 6) is 0.838. The van der Waals surface area contributed by atoms with Crippen LogP contribution in [0.2, 0.25) is 0 Å². The first-order chi connectivity index (χ1) is 14.1. The van der Waals surface area contributed by atoms with Crippen LogP contribution >= 0.6 is 0 Å². The predicted octanol–water partition coefficient (Wildman–Crippen LogP) is 5.85. The van der Waals surface area contributed by atoms with E-state index in [1.165, 1.54) is 0 Å². The third-order valence-electron chi connectivity index (χ3n) is 5.20. The van der Waals surface area contributed by atoms with Gasteiger partial charge in [-0.2, -0.15) is 0 Å². The smallest absolute Gasteiger partial charge is 0.291 e. The number of imidazole rings is 1. The Labute approximate surface area is 167 Å². The summed E-state index contributed by atoms with van der Waals surface area (Å²) in [6, 6.07) is 21.5. The third kappa shape index (κ3) is 2.97. The number of H-pyrrole nitrogens is 1. The lowest BCUT2D eigenvalue weighted by Crippen LogP contribution is -2.13. The molecule has 29 heavy (non-hydrogen) atoms. The van der Waals surface area contributed by atoms with E-state index in [4.69, 9.17) is 4.42 Å². The lowest BCUT2D eigenvalue weighted by atomic mass is 10.1. The fourth-order valence-electron chi connectivity index (χ4n) is 3.56. The van der Waals surface area contributed by atoms with Crippen molar-refractivity contribution in [1.29, 1.82) is 0 Å². The molecule has 0 atom stereocenters. The summed E-state index contributed by atoms with van der Waals surface area (Å²) in [4.78, 5) is 20.9. The molecule has 142 valence electrons. The van der Waals surface area contributed by atoms with Crippen molar-refractivity contribution in [2.24, 2.45) is 0 Å².